The number of aliphatic hydroxyl groups excluding tert-OH is 2. The zero-order chi connectivity index (χ0) is 28.3. The molecular formula is C15H19N6O14P3. The second kappa shape index (κ2) is 11.6. The summed E-state index contributed by atoms with van der Waals surface area (Å²) in [6.07, 6.45) is -5.76. The Bertz CT molecular complexity index is 1470. The summed E-state index contributed by atoms with van der Waals surface area (Å²) in [5.74, 6) is 0. The summed E-state index contributed by atoms with van der Waals surface area (Å²) in [5.41, 5.74) is 6.60. The molecule has 0 amide bonds. The normalized spacial score (nSPS) is 25.9. The Balaban J connectivity index is 1.60. The van der Waals surface area contributed by atoms with Gasteiger partial charge < -0.3 is 29.6 Å². The minimum Gasteiger partial charge on any atom is -0.387 e. The number of ether oxygens (including phenoxy) is 1. The van der Waals surface area contributed by atoms with E-state index < -0.39 is 65.8 Å². The van der Waals surface area contributed by atoms with Crippen LogP contribution in [0.1, 0.15) is 6.23 Å². The Morgan fingerprint density at radius 2 is 1.71 bits per heavy atom. The molecule has 0 spiro atoms. The summed E-state index contributed by atoms with van der Waals surface area (Å²) >= 11 is 0. The second-order valence-corrected chi connectivity index (χ2v) is 12.0. The highest BCUT2D eigenvalue weighted by Crippen LogP contribution is 2.67. The molecule has 1 aromatic carbocycles. The molecule has 2 aromatic rings. The van der Waals surface area contributed by atoms with Gasteiger partial charge in [-0.1, -0.05) is 17.2 Å². The lowest BCUT2D eigenvalue weighted by atomic mass is 10.1. The number of aliphatic hydroxyl groups is 2. The first kappa shape index (κ1) is 29.9. The van der Waals surface area contributed by atoms with E-state index in [0.717, 1.165) is 29.0 Å². The first-order valence-corrected chi connectivity index (χ1v) is 14.5. The fourth-order valence-corrected chi connectivity index (χ4v) is 6.75. The quantitative estimate of drug-likeness (QED) is 0.0801. The molecule has 208 valence electrons. The van der Waals surface area contributed by atoms with Gasteiger partial charge in [-0.25, -0.2) is 18.5 Å². The van der Waals surface area contributed by atoms with Crippen LogP contribution >= 0.6 is 23.4 Å². The number of aromatic amines is 1. The number of phosphoric acid groups is 2. The largest absolute Gasteiger partial charge is 0.489 e. The topological polar surface area (TPSA) is 305 Å². The highest BCUT2D eigenvalue weighted by Gasteiger charge is 2.47. The monoisotopic (exact) mass is 601 g/mol. The number of phosphoric ester groups is 1. The Morgan fingerprint density at radius 3 is 2.32 bits per heavy atom. The van der Waals surface area contributed by atoms with E-state index in [1.54, 1.807) is 0 Å². The van der Waals surface area contributed by atoms with E-state index in [9.17, 15) is 48.2 Å². The zero-order valence-corrected chi connectivity index (χ0v) is 21.2. The molecule has 1 fully saturated rings. The number of H-pyrrole nitrogens is 1. The Labute approximate surface area is 210 Å². The molecule has 7 N–H and O–H groups in total. The summed E-state index contributed by atoms with van der Waals surface area (Å²) in [4.78, 5) is 56.8. The van der Waals surface area contributed by atoms with E-state index in [4.69, 9.17) is 10.3 Å². The molecule has 0 bridgehead atoms. The van der Waals surface area contributed by atoms with Crippen molar-refractivity contribution < 1.29 is 56.5 Å². The van der Waals surface area contributed by atoms with Crippen LogP contribution in [0, 0.1) is 0 Å². The van der Waals surface area contributed by atoms with Crippen molar-refractivity contribution in [2.75, 3.05) is 11.7 Å². The van der Waals surface area contributed by atoms with Crippen molar-refractivity contribution in [3.63, 3.8) is 0 Å². The highest BCUT2D eigenvalue weighted by molar-refractivity contribution is 7.68. The fourth-order valence-electron chi connectivity index (χ4n) is 3.04. The number of hydrogen-bond donors (Lipinski definition) is 7. The number of hydrogen-bond acceptors (Lipinski definition) is 12. The number of aromatic nitrogens is 2. The van der Waals surface area contributed by atoms with Gasteiger partial charge in [-0.3, -0.25) is 24.0 Å². The second-order valence-electron chi connectivity index (χ2n) is 7.33. The molecule has 0 radical (unpaired) electrons. The summed E-state index contributed by atoms with van der Waals surface area (Å²) in [7, 11) is -16.5. The van der Waals surface area contributed by atoms with Gasteiger partial charge in [-0.15, -0.1) is 0 Å². The molecule has 7 atom stereocenters. The van der Waals surface area contributed by atoms with Gasteiger partial charge in [-0.2, -0.15) is 8.62 Å². The molecule has 3 rings (SSSR count). The Morgan fingerprint density at radius 1 is 1.05 bits per heavy atom. The summed E-state index contributed by atoms with van der Waals surface area (Å²) in [6.45, 7) is -1.05. The SMILES string of the molecule is [N-]=[N+]=Nc1ccc(NP(=O)(O)OP(=O)(O)O[32P](=O)(O)OC[C@H]2O[C@@H](n3ccc(=O)[nH]c3=O)[C@H](O)[C@@H]2O)cc1. The molecule has 0 saturated carbocycles. The van der Waals surface area contributed by atoms with Crippen LogP contribution in [0.3, 0.4) is 0 Å². The standard InChI is InChI=1S/C15H19N6O14P3/c16-20-18-8-1-3-9(4-2-8)19-36(26,27)34-38(30,31)35-37(28,29)32-7-10-12(23)13(24)14(33-10)21-6-5-11(22)17-15(21)25/h1-6,10,12-14,23-24H,7H2,(H,28,29)(H,30,31)(H,17,22,25)(H2,19,26,27)/t10-,12-,13-,14-/m1/s1/i37+1. The van der Waals surface area contributed by atoms with Gasteiger partial charge in [0.05, 0.1) is 6.61 Å². The number of anilines is 1. The smallest absolute Gasteiger partial charge is 0.387 e. The number of azide groups is 1. The minimum atomic E-state index is -5.76. The van der Waals surface area contributed by atoms with Crippen LogP contribution in [0.25, 0.3) is 10.4 Å². The lowest BCUT2D eigenvalue weighted by molar-refractivity contribution is -0.0542. The lowest BCUT2D eigenvalue weighted by Gasteiger charge is -2.20. The molecule has 2 heterocycles. The fraction of sp³-hybridized carbons (Fsp3) is 0.333. The third-order valence-electron chi connectivity index (χ3n) is 4.58. The molecule has 1 saturated heterocycles. The van der Waals surface area contributed by atoms with Crippen molar-refractivity contribution in [3.8, 4) is 0 Å². The van der Waals surface area contributed by atoms with Gasteiger partial charge in [0.15, 0.2) is 6.23 Å². The first-order chi connectivity index (χ1) is 17.6. The number of rotatable bonds is 11. The van der Waals surface area contributed by atoms with Crippen molar-refractivity contribution in [1.29, 1.82) is 0 Å². The van der Waals surface area contributed by atoms with Crippen LogP contribution in [-0.2, 0) is 31.6 Å². The highest BCUT2D eigenvalue weighted by atomic mass is 32.2. The van der Waals surface area contributed by atoms with Gasteiger partial charge in [0.2, 0.25) is 0 Å². The predicted octanol–water partition coefficient (Wildman–Crippen LogP) is 0.561. The summed E-state index contributed by atoms with van der Waals surface area (Å²) in [6, 6.07) is 5.67. The van der Waals surface area contributed by atoms with Gasteiger partial charge >= 0.3 is 29.1 Å². The molecule has 0 aliphatic carbocycles. The average molecular weight is 601 g/mol. The van der Waals surface area contributed by atoms with Crippen molar-refractivity contribution >= 4 is 34.8 Å². The van der Waals surface area contributed by atoms with E-state index in [1.165, 1.54) is 12.1 Å². The van der Waals surface area contributed by atoms with Gasteiger partial charge in [0.1, 0.15) is 18.3 Å². The maximum Gasteiger partial charge on any atom is 0.489 e. The van der Waals surface area contributed by atoms with Gasteiger partial charge in [-0.05, 0) is 17.7 Å². The first-order valence-electron chi connectivity index (χ1n) is 9.93. The Hall–Kier alpha value is -2.66. The number of benzene rings is 1. The van der Waals surface area contributed by atoms with Crippen LogP contribution in [0.15, 0.2) is 51.2 Å². The van der Waals surface area contributed by atoms with Crippen molar-refractivity contribution in [1.82, 2.24) is 9.55 Å². The van der Waals surface area contributed by atoms with Crippen LogP contribution < -0.4 is 16.3 Å². The lowest BCUT2D eigenvalue weighted by Crippen LogP contribution is -2.37. The maximum atomic E-state index is 12.1. The Kier molecular flexibility index (Phi) is 9.13. The van der Waals surface area contributed by atoms with Crippen LogP contribution in [0.4, 0.5) is 11.4 Å². The molecule has 3 unspecified atom stereocenters. The van der Waals surface area contributed by atoms with E-state index >= 15 is 0 Å². The van der Waals surface area contributed by atoms with Crippen LogP contribution in [0.2, 0.25) is 0 Å². The zero-order valence-electron chi connectivity index (χ0n) is 18.5. The molecule has 38 heavy (non-hydrogen) atoms. The van der Waals surface area contributed by atoms with E-state index in [0.29, 0.717) is 0 Å². The van der Waals surface area contributed by atoms with E-state index in [1.807, 2.05) is 10.1 Å². The number of nitrogens with zero attached hydrogens (tertiary/aromatic N) is 4. The summed E-state index contributed by atoms with van der Waals surface area (Å²) < 4.78 is 54.8. The molecule has 1 aromatic heterocycles. The van der Waals surface area contributed by atoms with Crippen molar-refractivity contribution in [3.05, 3.63) is 67.8 Å². The van der Waals surface area contributed by atoms with Crippen LogP contribution in [0.5, 0.6) is 0 Å². The van der Waals surface area contributed by atoms with Crippen LogP contribution in [-0.4, -0.2) is 59.4 Å². The summed E-state index contributed by atoms with van der Waals surface area (Å²) in [5, 5.41) is 25.4. The average Bonchev–Trinajstić information content (AvgIpc) is 3.06. The van der Waals surface area contributed by atoms with Crippen molar-refractivity contribution in [2.24, 2.45) is 5.11 Å². The molecular weight excluding hydrogens is 582 g/mol. The van der Waals surface area contributed by atoms with Crippen molar-refractivity contribution in [2.45, 2.75) is 24.5 Å². The number of nitrogens with one attached hydrogen (secondary N) is 2. The molecule has 20 nitrogen and oxygen atoms in total. The van der Waals surface area contributed by atoms with Gasteiger partial charge in [0.25, 0.3) is 5.56 Å². The molecule has 1 aliphatic rings. The van der Waals surface area contributed by atoms with E-state index in [-0.39, 0.29) is 11.4 Å². The van der Waals surface area contributed by atoms with Gasteiger partial charge in [0, 0.05) is 28.5 Å². The third kappa shape index (κ3) is 7.92. The molecule has 1 aliphatic heterocycles. The minimum absolute atomic E-state index is 0.141. The maximum absolute atomic E-state index is 12.1. The third-order valence-corrected chi connectivity index (χ3v) is 8.96. The van der Waals surface area contributed by atoms with E-state index in [2.05, 4.69) is 23.2 Å². The predicted molar refractivity (Wildman–Crippen MR) is 124 cm³/mol. The molecule has 23 heteroatoms.